The van der Waals surface area contributed by atoms with Crippen molar-refractivity contribution in [3.05, 3.63) is 34.1 Å². The van der Waals surface area contributed by atoms with Crippen molar-refractivity contribution < 1.29 is 4.39 Å². The molecule has 0 bridgehead atoms. The Balaban J connectivity index is 2.44. The molecule has 1 aromatic carbocycles. The van der Waals surface area contributed by atoms with Gasteiger partial charge in [-0.15, -0.1) is 0 Å². The van der Waals surface area contributed by atoms with E-state index in [1.165, 1.54) is 6.07 Å². The molecule has 1 heterocycles. The van der Waals surface area contributed by atoms with Gasteiger partial charge >= 0.3 is 0 Å². The predicted octanol–water partition coefficient (Wildman–Crippen LogP) is 3.21. The summed E-state index contributed by atoms with van der Waals surface area (Å²) in [6.45, 7) is 2.86. The summed E-state index contributed by atoms with van der Waals surface area (Å²) in [6, 6.07) is 3.31. The maximum Gasteiger partial charge on any atom is 0.129 e. The highest BCUT2D eigenvalue weighted by Crippen LogP contribution is 2.33. The fraction of sp³-hybridized carbons (Fsp3) is 0.455. The molecule has 14 heavy (non-hydrogen) atoms. The van der Waals surface area contributed by atoms with E-state index in [2.05, 4.69) is 5.32 Å². The summed E-state index contributed by atoms with van der Waals surface area (Å²) in [4.78, 5) is 0. The second-order valence-electron chi connectivity index (χ2n) is 3.74. The zero-order valence-corrected chi connectivity index (χ0v) is 8.87. The van der Waals surface area contributed by atoms with Crippen LogP contribution in [0.1, 0.15) is 30.0 Å². The minimum Gasteiger partial charge on any atom is -0.310 e. The van der Waals surface area contributed by atoms with Crippen LogP contribution in [0.4, 0.5) is 4.39 Å². The van der Waals surface area contributed by atoms with Crippen LogP contribution in [0.25, 0.3) is 0 Å². The summed E-state index contributed by atoms with van der Waals surface area (Å²) < 4.78 is 13.6. The summed E-state index contributed by atoms with van der Waals surface area (Å²) in [5, 5.41) is 3.83. The van der Waals surface area contributed by atoms with E-state index in [-0.39, 0.29) is 11.9 Å². The van der Waals surface area contributed by atoms with Gasteiger partial charge in [-0.05, 0) is 37.9 Å². The molecule has 1 aromatic rings. The van der Waals surface area contributed by atoms with Gasteiger partial charge in [0.2, 0.25) is 0 Å². The maximum absolute atomic E-state index is 13.6. The highest BCUT2D eigenvalue weighted by molar-refractivity contribution is 6.32. The third-order valence-corrected chi connectivity index (χ3v) is 3.23. The van der Waals surface area contributed by atoms with E-state index in [0.29, 0.717) is 10.6 Å². The van der Waals surface area contributed by atoms with E-state index in [9.17, 15) is 4.39 Å². The van der Waals surface area contributed by atoms with Gasteiger partial charge in [0.15, 0.2) is 0 Å². The Hall–Kier alpha value is -0.600. The van der Waals surface area contributed by atoms with Crippen LogP contribution < -0.4 is 5.32 Å². The van der Waals surface area contributed by atoms with Gasteiger partial charge in [0.25, 0.3) is 0 Å². The second kappa shape index (κ2) is 3.87. The van der Waals surface area contributed by atoms with Crippen molar-refractivity contribution in [1.29, 1.82) is 0 Å². The van der Waals surface area contributed by atoms with Gasteiger partial charge in [-0.25, -0.2) is 4.39 Å². The van der Waals surface area contributed by atoms with E-state index in [0.717, 1.165) is 24.9 Å². The van der Waals surface area contributed by atoms with Gasteiger partial charge in [-0.1, -0.05) is 17.7 Å². The molecular weight excluding hydrogens is 201 g/mol. The smallest absolute Gasteiger partial charge is 0.129 e. The molecule has 1 atom stereocenters. The van der Waals surface area contributed by atoms with Crippen molar-refractivity contribution in [2.75, 3.05) is 6.54 Å². The van der Waals surface area contributed by atoms with Crippen molar-refractivity contribution in [2.24, 2.45) is 0 Å². The number of hydrogen-bond donors (Lipinski definition) is 1. The molecule has 0 unspecified atom stereocenters. The van der Waals surface area contributed by atoms with Crippen molar-refractivity contribution >= 4 is 11.6 Å². The lowest BCUT2D eigenvalue weighted by molar-refractivity contribution is 0.558. The summed E-state index contributed by atoms with van der Waals surface area (Å²) in [7, 11) is 0. The largest absolute Gasteiger partial charge is 0.310 e. The number of nitrogens with one attached hydrogen (secondary N) is 1. The van der Waals surface area contributed by atoms with Gasteiger partial charge in [0.1, 0.15) is 5.82 Å². The van der Waals surface area contributed by atoms with E-state index >= 15 is 0 Å². The van der Waals surface area contributed by atoms with Crippen LogP contribution in [-0.2, 0) is 0 Å². The SMILES string of the molecule is Cc1ccc(F)c([C@@H]2CCCN2)c1Cl. The van der Waals surface area contributed by atoms with E-state index < -0.39 is 0 Å². The first kappa shape index (κ1) is 9.94. The Morgan fingerprint density at radius 2 is 2.29 bits per heavy atom. The molecule has 1 N–H and O–H groups in total. The Morgan fingerprint density at radius 3 is 2.93 bits per heavy atom. The quantitative estimate of drug-likeness (QED) is 0.756. The first-order chi connectivity index (χ1) is 6.70. The molecule has 0 amide bonds. The molecule has 0 spiro atoms. The number of aryl methyl sites for hydroxylation is 1. The number of rotatable bonds is 1. The minimum absolute atomic E-state index is 0.0994. The van der Waals surface area contributed by atoms with Gasteiger partial charge in [0, 0.05) is 11.6 Å². The van der Waals surface area contributed by atoms with E-state index in [4.69, 9.17) is 11.6 Å². The highest BCUT2D eigenvalue weighted by Gasteiger charge is 2.22. The summed E-state index contributed by atoms with van der Waals surface area (Å²) in [5.74, 6) is -0.194. The van der Waals surface area contributed by atoms with Crippen LogP contribution in [0.3, 0.4) is 0 Å². The third-order valence-electron chi connectivity index (χ3n) is 2.73. The van der Waals surface area contributed by atoms with E-state index in [1.54, 1.807) is 6.07 Å². The van der Waals surface area contributed by atoms with Crippen LogP contribution in [0, 0.1) is 12.7 Å². The van der Waals surface area contributed by atoms with Crippen LogP contribution >= 0.6 is 11.6 Å². The molecule has 0 aromatic heterocycles. The zero-order chi connectivity index (χ0) is 10.1. The average molecular weight is 214 g/mol. The molecule has 1 aliphatic rings. The highest BCUT2D eigenvalue weighted by atomic mass is 35.5. The molecule has 1 aliphatic heterocycles. The number of benzene rings is 1. The Kier molecular flexibility index (Phi) is 2.75. The second-order valence-corrected chi connectivity index (χ2v) is 4.12. The van der Waals surface area contributed by atoms with E-state index in [1.807, 2.05) is 6.92 Å². The topological polar surface area (TPSA) is 12.0 Å². The fourth-order valence-corrected chi connectivity index (χ4v) is 2.21. The summed E-state index contributed by atoms with van der Waals surface area (Å²) in [6.07, 6.45) is 2.06. The average Bonchev–Trinajstić information content (AvgIpc) is 2.65. The van der Waals surface area contributed by atoms with Crippen molar-refractivity contribution in [2.45, 2.75) is 25.8 Å². The zero-order valence-electron chi connectivity index (χ0n) is 8.11. The lowest BCUT2D eigenvalue weighted by Crippen LogP contribution is -2.15. The lowest BCUT2D eigenvalue weighted by atomic mass is 10.0. The van der Waals surface area contributed by atoms with Crippen molar-refractivity contribution in [3.8, 4) is 0 Å². The molecule has 3 heteroatoms. The normalized spacial score (nSPS) is 21.5. The Morgan fingerprint density at radius 1 is 1.50 bits per heavy atom. The predicted molar refractivity (Wildman–Crippen MR) is 56.1 cm³/mol. The van der Waals surface area contributed by atoms with Crippen LogP contribution in [-0.4, -0.2) is 6.54 Å². The van der Waals surface area contributed by atoms with Crippen LogP contribution in [0.5, 0.6) is 0 Å². The van der Waals surface area contributed by atoms with Gasteiger partial charge < -0.3 is 5.32 Å². The molecule has 1 saturated heterocycles. The molecule has 1 nitrogen and oxygen atoms in total. The molecule has 1 fully saturated rings. The van der Waals surface area contributed by atoms with Crippen molar-refractivity contribution in [3.63, 3.8) is 0 Å². The molecule has 0 radical (unpaired) electrons. The van der Waals surface area contributed by atoms with Crippen LogP contribution in [0.15, 0.2) is 12.1 Å². The number of hydrogen-bond acceptors (Lipinski definition) is 1. The Labute approximate surface area is 88.3 Å². The van der Waals surface area contributed by atoms with Crippen LogP contribution in [0.2, 0.25) is 5.02 Å². The fourth-order valence-electron chi connectivity index (χ4n) is 1.93. The molecule has 76 valence electrons. The first-order valence-corrected chi connectivity index (χ1v) is 5.26. The molecule has 0 aliphatic carbocycles. The van der Waals surface area contributed by atoms with Gasteiger partial charge in [-0.3, -0.25) is 0 Å². The first-order valence-electron chi connectivity index (χ1n) is 4.88. The molecule has 2 rings (SSSR count). The standard InChI is InChI=1S/C11H13ClFN/c1-7-4-5-8(13)10(11(7)12)9-3-2-6-14-9/h4-5,9,14H,2-3,6H2,1H3/t9-/m0/s1. The van der Waals surface area contributed by atoms with Gasteiger partial charge in [-0.2, -0.15) is 0 Å². The summed E-state index contributed by atoms with van der Waals surface area (Å²) >= 11 is 6.10. The minimum atomic E-state index is -0.194. The van der Waals surface area contributed by atoms with Crippen molar-refractivity contribution in [1.82, 2.24) is 5.32 Å². The summed E-state index contributed by atoms with van der Waals surface area (Å²) in [5.41, 5.74) is 1.58. The monoisotopic (exact) mass is 213 g/mol. The Bertz CT molecular complexity index is 345. The van der Waals surface area contributed by atoms with Gasteiger partial charge in [0.05, 0.1) is 5.02 Å². The molecule has 0 saturated carbocycles. The third kappa shape index (κ3) is 1.64. The maximum atomic E-state index is 13.6. The molecular formula is C11H13ClFN. The number of halogens is 2. The lowest BCUT2D eigenvalue weighted by Gasteiger charge is -2.14.